The summed E-state index contributed by atoms with van der Waals surface area (Å²) in [5, 5.41) is 2.73. The van der Waals surface area contributed by atoms with E-state index in [4.69, 9.17) is 10.5 Å². The van der Waals surface area contributed by atoms with E-state index in [0.29, 0.717) is 19.8 Å². The van der Waals surface area contributed by atoms with Crippen molar-refractivity contribution in [3.63, 3.8) is 0 Å². The molecule has 0 spiro atoms. The summed E-state index contributed by atoms with van der Waals surface area (Å²) in [6.45, 7) is 7.04. The van der Waals surface area contributed by atoms with Gasteiger partial charge in [-0.2, -0.15) is 0 Å². The van der Waals surface area contributed by atoms with Crippen molar-refractivity contribution in [3.8, 4) is 0 Å². The van der Waals surface area contributed by atoms with Gasteiger partial charge in [0.15, 0.2) is 0 Å². The van der Waals surface area contributed by atoms with Gasteiger partial charge in [-0.15, -0.1) is 0 Å². The number of hydrogen-bond donors (Lipinski definition) is 2. The topological polar surface area (TPSA) is 67.6 Å². The van der Waals surface area contributed by atoms with Crippen molar-refractivity contribution in [1.29, 1.82) is 0 Å². The van der Waals surface area contributed by atoms with Crippen molar-refractivity contribution in [2.75, 3.05) is 32.8 Å². The zero-order valence-corrected chi connectivity index (χ0v) is 8.88. The Hall–Kier alpha value is -0.810. The Morgan fingerprint density at radius 2 is 2.36 bits per heavy atom. The van der Waals surface area contributed by atoms with Gasteiger partial charge >= 0.3 is 6.03 Å². The van der Waals surface area contributed by atoms with E-state index in [1.165, 1.54) is 0 Å². The number of ether oxygens (including phenoxy) is 1. The van der Waals surface area contributed by atoms with E-state index < -0.39 is 0 Å². The van der Waals surface area contributed by atoms with Gasteiger partial charge in [0, 0.05) is 25.2 Å². The van der Waals surface area contributed by atoms with Gasteiger partial charge in [0.05, 0.1) is 13.2 Å². The maximum absolute atomic E-state index is 11.1. The summed E-state index contributed by atoms with van der Waals surface area (Å²) >= 11 is 0. The number of urea groups is 1. The molecule has 2 amide bonds. The fourth-order valence-electron chi connectivity index (χ4n) is 1.23. The molecule has 0 aliphatic carbocycles. The van der Waals surface area contributed by atoms with Crippen molar-refractivity contribution < 1.29 is 9.53 Å². The maximum atomic E-state index is 11.1. The van der Waals surface area contributed by atoms with E-state index in [-0.39, 0.29) is 11.6 Å². The average Bonchev–Trinajstić information content (AvgIpc) is 2.44. The minimum absolute atomic E-state index is 0.000564. The van der Waals surface area contributed by atoms with Gasteiger partial charge in [-0.1, -0.05) is 0 Å². The molecule has 1 fully saturated rings. The summed E-state index contributed by atoms with van der Waals surface area (Å²) in [6, 6.07) is 0.000564. The van der Waals surface area contributed by atoms with Gasteiger partial charge in [0.2, 0.25) is 0 Å². The van der Waals surface area contributed by atoms with Crippen LogP contribution in [0.2, 0.25) is 0 Å². The minimum Gasteiger partial charge on any atom is -0.378 e. The molecule has 3 N–H and O–H groups in total. The zero-order chi connectivity index (χ0) is 10.6. The maximum Gasteiger partial charge on any atom is 0.317 e. The lowest BCUT2D eigenvalue weighted by molar-refractivity contribution is 0.0852. The Balaban J connectivity index is 2.07. The number of carbonyl (C=O) groups is 1. The number of nitrogens with zero attached hydrogens (tertiary/aromatic N) is 1. The first-order valence-electron chi connectivity index (χ1n) is 4.88. The zero-order valence-electron chi connectivity index (χ0n) is 8.88. The Kier molecular flexibility index (Phi) is 3.71. The fraction of sp³-hybridized carbons (Fsp3) is 0.889. The van der Waals surface area contributed by atoms with Crippen molar-refractivity contribution in [1.82, 2.24) is 10.2 Å². The first kappa shape index (κ1) is 11.3. The van der Waals surface area contributed by atoms with Crippen LogP contribution >= 0.6 is 0 Å². The standard InChI is InChI=1S/C9H19N3O2/c1-9(2,10)7-14-6-5-12-4-3-11-8(12)13/h3-7,10H2,1-2H3,(H,11,13). The number of nitrogens with one attached hydrogen (secondary N) is 1. The molecule has 0 saturated carbocycles. The number of nitrogens with two attached hydrogens (primary N) is 1. The Labute approximate surface area is 84.6 Å². The first-order valence-corrected chi connectivity index (χ1v) is 4.88. The summed E-state index contributed by atoms with van der Waals surface area (Å²) in [6.07, 6.45) is 0. The normalized spacial score (nSPS) is 17.4. The lowest BCUT2D eigenvalue weighted by Crippen LogP contribution is -2.39. The number of hydrogen-bond acceptors (Lipinski definition) is 3. The largest absolute Gasteiger partial charge is 0.378 e. The van der Waals surface area contributed by atoms with E-state index >= 15 is 0 Å². The van der Waals surface area contributed by atoms with Gasteiger partial charge < -0.3 is 20.7 Å². The van der Waals surface area contributed by atoms with Gasteiger partial charge in [-0.05, 0) is 13.8 Å². The quantitative estimate of drug-likeness (QED) is 0.603. The average molecular weight is 201 g/mol. The second kappa shape index (κ2) is 4.61. The molecule has 0 aromatic rings. The molecule has 0 aromatic heterocycles. The first-order chi connectivity index (χ1) is 6.49. The van der Waals surface area contributed by atoms with E-state index in [0.717, 1.165) is 13.1 Å². The van der Waals surface area contributed by atoms with Crippen LogP contribution in [0.25, 0.3) is 0 Å². The molecule has 1 rings (SSSR count). The molecule has 5 nitrogen and oxygen atoms in total. The van der Waals surface area contributed by atoms with Crippen molar-refractivity contribution in [3.05, 3.63) is 0 Å². The van der Waals surface area contributed by atoms with Gasteiger partial charge in [0.1, 0.15) is 0 Å². The summed E-state index contributed by atoms with van der Waals surface area (Å²) in [7, 11) is 0. The van der Waals surface area contributed by atoms with E-state index in [1.807, 2.05) is 13.8 Å². The van der Waals surface area contributed by atoms with Crippen LogP contribution in [-0.4, -0.2) is 49.3 Å². The molecule has 5 heteroatoms. The van der Waals surface area contributed by atoms with Crippen LogP contribution in [0.4, 0.5) is 4.79 Å². The highest BCUT2D eigenvalue weighted by atomic mass is 16.5. The van der Waals surface area contributed by atoms with E-state index in [1.54, 1.807) is 4.90 Å². The molecule has 0 atom stereocenters. The molecular formula is C9H19N3O2. The van der Waals surface area contributed by atoms with Crippen LogP contribution in [-0.2, 0) is 4.74 Å². The molecular weight excluding hydrogens is 182 g/mol. The highest BCUT2D eigenvalue weighted by molar-refractivity contribution is 5.76. The van der Waals surface area contributed by atoms with Crippen LogP contribution < -0.4 is 11.1 Å². The van der Waals surface area contributed by atoms with Gasteiger partial charge in [0.25, 0.3) is 0 Å². The number of carbonyl (C=O) groups excluding carboxylic acids is 1. The molecule has 0 bridgehead atoms. The monoisotopic (exact) mass is 201 g/mol. The van der Waals surface area contributed by atoms with Crippen molar-refractivity contribution in [2.45, 2.75) is 19.4 Å². The van der Waals surface area contributed by atoms with Crippen molar-refractivity contribution >= 4 is 6.03 Å². The SMILES string of the molecule is CC(C)(N)COCCN1CCNC1=O. The molecule has 0 aromatic carbocycles. The summed E-state index contributed by atoms with van der Waals surface area (Å²) in [5.74, 6) is 0. The Morgan fingerprint density at radius 1 is 1.64 bits per heavy atom. The predicted molar refractivity (Wildman–Crippen MR) is 54.1 cm³/mol. The number of amides is 2. The van der Waals surface area contributed by atoms with Crippen LogP contribution in [0, 0.1) is 0 Å². The van der Waals surface area contributed by atoms with Crippen LogP contribution in [0.1, 0.15) is 13.8 Å². The summed E-state index contributed by atoms with van der Waals surface area (Å²) in [5.41, 5.74) is 5.44. The molecule has 1 saturated heterocycles. The molecule has 14 heavy (non-hydrogen) atoms. The second-order valence-electron chi connectivity index (χ2n) is 4.26. The molecule has 1 aliphatic rings. The second-order valence-corrected chi connectivity index (χ2v) is 4.26. The van der Waals surface area contributed by atoms with Crippen LogP contribution in [0.3, 0.4) is 0 Å². The van der Waals surface area contributed by atoms with Crippen molar-refractivity contribution in [2.24, 2.45) is 5.73 Å². The summed E-state index contributed by atoms with van der Waals surface area (Å²) in [4.78, 5) is 12.8. The third kappa shape index (κ3) is 3.93. The molecule has 0 unspecified atom stereocenters. The lowest BCUT2D eigenvalue weighted by Gasteiger charge is -2.19. The summed E-state index contributed by atoms with van der Waals surface area (Å²) < 4.78 is 5.36. The van der Waals surface area contributed by atoms with Gasteiger partial charge in [-0.3, -0.25) is 0 Å². The van der Waals surface area contributed by atoms with Crippen LogP contribution in [0.15, 0.2) is 0 Å². The number of rotatable bonds is 5. The Bertz CT molecular complexity index is 201. The molecule has 1 aliphatic heterocycles. The third-order valence-corrected chi connectivity index (χ3v) is 1.92. The molecule has 82 valence electrons. The predicted octanol–water partition coefficient (Wildman–Crippen LogP) is -0.234. The molecule has 0 radical (unpaired) electrons. The third-order valence-electron chi connectivity index (χ3n) is 1.92. The smallest absolute Gasteiger partial charge is 0.317 e. The highest BCUT2D eigenvalue weighted by Crippen LogP contribution is 1.99. The molecule has 1 heterocycles. The Morgan fingerprint density at radius 3 is 2.86 bits per heavy atom. The van der Waals surface area contributed by atoms with Gasteiger partial charge in [-0.25, -0.2) is 4.79 Å². The van der Waals surface area contributed by atoms with Crippen LogP contribution in [0.5, 0.6) is 0 Å². The minimum atomic E-state index is -0.298. The van der Waals surface area contributed by atoms with E-state index in [9.17, 15) is 4.79 Å². The lowest BCUT2D eigenvalue weighted by atomic mass is 10.1. The highest BCUT2D eigenvalue weighted by Gasteiger charge is 2.18. The fourth-order valence-corrected chi connectivity index (χ4v) is 1.23. The van der Waals surface area contributed by atoms with E-state index in [2.05, 4.69) is 5.32 Å².